The van der Waals surface area contributed by atoms with Gasteiger partial charge in [-0.05, 0) is 31.7 Å². The number of aryl methyl sites for hydroxylation is 1. The second-order valence-corrected chi connectivity index (χ2v) is 5.71. The summed E-state index contributed by atoms with van der Waals surface area (Å²) in [5.74, 6) is 0. The average molecular weight is 248 g/mol. The lowest BCUT2D eigenvalue weighted by Gasteiger charge is -2.24. The molecule has 2 aliphatic rings. The van der Waals surface area contributed by atoms with Gasteiger partial charge < -0.3 is 5.32 Å². The van der Waals surface area contributed by atoms with E-state index in [0.717, 1.165) is 31.6 Å². The number of hydrogen-bond acceptors (Lipinski definition) is 3. The fourth-order valence-corrected chi connectivity index (χ4v) is 3.30. The molecule has 3 heterocycles. The number of nitrogens with one attached hydrogen (secondary N) is 1. The van der Waals surface area contributed by atoms with Crippen LogP contribution < -0.4 is 5.32 Å². The van der Waals surface area contributed by atoms with Crippen molar-refractivity contribution in [2.45, 2.75) is 57.8 Å². The van der Waals surface area contributed by atoms with Crippen molar-refractivity contribution in [3.8, 4) is 0 Å². The van der Waals surface area contributed by atoms with Gasteiger partial charge in [0.15, 0.2) is 0 Å². The van der Waals surface area contributed by atoms with Crippen molar-refractivity contribution in [3.05, 3.63) is 18.0 Å². The summed E-state index contributed by atoms with van der Waals surface area (Å²) >= 11 is 0. The molecule has 0 spiro atoms. The van der Waals surface area contributed by atoms with E-state index in [0.29, 0.717) is 0 Å². The largest absolute Gasteiger partial charge is 0.310 e. The van der Waals surface area contributed by atoms with Crippen molar-refractivity contribution in [1.82, 2.24) is 20.0 Å². The second-order valence-electron chi connectivity index (χ2n) is 5.71. The highest BCUT2D eigenvalue weighted by atomic mass is 15.3. The van der Waals surface area contributed by atoms with Gasteiger partial charge in [0.2, 0.25) is 0 Å². The summed E-state index contributed by atoms with van der Waals surface area (Å²) in [5.41, 5.74) is 1.37. The summed E-state index contributed by atoms with van der Waals surface area (Å²) in [5, 5.41) is 8.16. The fourth-order valence-electron chi connectivity index (χ4n) is 3.30. The SMILES string of the molecule is CCCn1nccc1CN1CCC2CCC(C1)N2. The molecule has 2 atom stereocenters. The Balaban J connectivity index is 1.63. The minimum Gasteiger partial charge on any atom is -0.310 e. The maximum Gasteiger partial charge on any atom is 0.0524 e. The number of aromatic nitrogens is 2. The van der Waals surface area contributed by atoms with Crippen LogP contribution in [0.15, 0.2) is 12.3 Å². The van der Waals surface area contributed by atoms with Gasteiger partial charge in [-0.3, -0.25) is 9.58 Å². The summed E-state index contributed by atoms with van der Waals surface area (Å²) in [4.78, 5) is 2.60. The summed E-state index contributed by atoms with van der Waals surface area (Å²) < 4.78 is 2.16. The Morgan fingerprint density at radius 1 is 1.33 bits per heavy atom. The van der Waals surface area contributed by atoms with Gasteiger partial charge in [0.1, 0.15) is 0 Å². The molecule has 0 amide bonds. The third kappa shape index (κ3) is 2.59. The van der Waals surface area contributed by atoms with Crippen LogP contribution in [-0.2, 0) is 13.1 Å². The smallest absolute Gasteiger partial charge is 0.0524 e. The van der Waals surface area contributed by atoms with Gasteiger partial charge >= 0.3 is 0 Å². The van der Waals surface area contributed by atoms with Crippen LogP contribution in [0.2, 0.25) is 0 Å². The van der Waals surface area contributed by atoms with E-state index in [1.54, 1.807) is 0 Å². The van der Waals surface area contributed by atoms with Crippen molar-refractivity contribution < 1.29 is 0 Å². The van der Waals surface area contributed by atoms with Gasteiger partial charge in [-0.15, -0.1) is 0 Å². The monoisotopic (exact) mass is 248 g/mol. The first-order valence-corrected chi connectivity index (χ1v) is 7.34. The molecule has 1 N–H and O–H groups in total. The van der Waals surface area contributed by atoms with E-state index in [1.807, 2.05) is 6.20 Å². The Morgan fingerprint density at radius 3 is 3.11 bits per heavy atom. The zero-order valence-electron chi connectivity index (χ0n) is 11.3. The Bertz CT molecular complexity index is 387. The summed E-state index contributed by atoms with van der Waals surface area (Å²) in [7, 11) is 0. The predicted octanol–water partition coefficient (Wildman–Crippen LogP) is 1.62. The van der Waals surface area contributed by atoms with Crippen LogP contribution in [0.25, 0.3) is 0 Å². The summed E-state index contributed by atoms with van der Waals surface area (Å²) in [6.45, 7) is 6.74. The first-order chi connectivity index (χ1) is 8.85. The molecule has 4 nitrogen and oxygen atoms in total. The number of nitrogens with zero attached hydrogens (tertiary/aromatic N) is 3. The lowest BCUT2D eigenvalue weighted by molar-refractivity contribution is 0.243. The van der Waals surface area contributed by atoms with Crippen LogP contribution in [0.1, 0.15) is 38.3 Å². The molecule has 18 heavy (non-hydrogen) atoms. The highest BCUT2D eigenvalue weighted by Gasteiger charge is 2.29. The Kier molecular flexibility index (Phi) is 3.66. The number of hydrogen-bond donors (Lipinski definition) is 1. The molecule has 0 radical (unpaired) electrons. The number of fused-ring (bicyclic) bond motifs is 2. The maximum atomic E-state index is 4.42. The summed E-state index contributed by atoms with van der Waals surface area (Å²) in [6.07, 6.45) is 7.13. The van der Waals surface area contributed by atoms with Crippen molar-refractivity contribution in [2.75, 3.05) is 13.1 Å². The normalized spacial score (nSPS) is 28.5. The molecule has 3 rings (SSSR count). The molecule has 2 bridgehead atoms. The standard InChI is InChI=1S/C14H24N4/c1-2-8-18-14(5-7-15-18)11-17-9-6-12-3-4-13(10-17)16-12/h5,7,12-13,16H,2-4,6,8-11H2,1H3. The molecule has 0 aliphatic carbocycles. The summed E-state index contributed by atoms with van der Waals surface area (Å²) in [6, 6.07) is 3.67. The Morgan fingerprint density at radius 2 is 2.22 bits per heavy atom. The van der Waals surface area contributed by atoms with E-state index in [-0.39, 0.29) is 0 Å². The topological polar surface area (TPSA) is 33.1 Å². The molecule has 0 aromatic carbocycles. The molecular formula is C14H24N4. The van der Waals surface area contributed by atoms with Gasteiger partial charge in [-0.25, -0.2) is 0 Å². The molecule has 2 aliphatic heterocycles. The van der Waals surface area contributed by atoms with E-state index in [2.05, 4.69) is 33.0 Å². The highest BCUT2D eigenvalue weighted by molar-refractivity contribution is 5.01. The molecule has 1 aromatic heterocycles. The van der Waals surface area contributed by atoms with E-state index in [1.165, 1.54) is 38.0 Å². The van der Waals surface area contributed by atoms with Gasteiger partial charge in [0, 0.05) is 44.5 Å². The first kappa shape index (κ1) is 12.2. The number of rotatable bonds is 4. The van der Waals surface area contributed by atoms with E-state index in [4.69, 9.17) is 0 Å². The van der Waals surface area contributed by atoms with Crippen LogP contribution in [0.4, 0.5) is 0 Å². The lowest BCUT2D eigenvalue weighted by atomic mass is 10.1. The van der Waals surface area contributed by atoms with Gasteiger partial charge in [-0.2, -0.15) is 5.10 Å². The van der Waals surface area contributed by atoms with Gasteiger partial charge in [-0.1, -0.05) is 6.92 Å². The number of likely N-dealkylation sites (tertiary alicyclic amines) is 1. The van der Waals surface area contributed by atoms with Gasteiger partial charge in [0.25, 0.3) is 0 Å². The van der Waals surface area contributed by atoms with Crippen LogP contribution in [0, 0.1) is 0 Å². The third-order valence-corrected chi connectivity index (χ3v) is 4.23. The maximum absolute atomic E-state index is 4.42. The fraction of sp³-hybridized carbons (Fsp3) is 0.786. The molecule has 2 saturated heterocycles. The molecule has 0 saturated carbocycles. The third-order valence-electron chi connectivity index (χ3n) is 4.23. The molecular weight excluding hydrogens is 224 g/mol. The van der Waals surface area contributed by atoms with Crippen molar-refractivity contribution in [2.24, 2.45) is 0 Å². The molecule has 100 valence electrons. The van der Waals surface area contributed by atoms with Crippen LogP contribution in [-0.4, -0.2) is 39.9 Å². The van der Waals surface area contributed by atoms with E-state index < -0.39 is 0 Å². The van der Waals surface area contributed by atoms with Crippen LogP contribution in [0.3, 0.4) is 0 Å². The van der Waals surface area contributed by atoms with E-state index >= 15 is 0 Å². The first-order valence-electron chi connectivity index (χ1n) is 7.34. The van der Waals surface area contributed by atoms with Crippen molar-refractivity contribution in [1.29, 1.82) is 0 Å². The lowest BCUT2D eigenvalue weighted by Crippen LogP contribution is -2.35. The van der Waals surface area contributed by atoms with Crippen LogP contribution >= 0.6 is 0 Å². The van der Waals surface area contributed by atoms with Crippen molar-refractivity contribution in [3.63, 3.8) is 0 Å². The Labute approximate surface area is 109 Å². The minimum absolute atomic E-state index is 0.722. The van der Waals surface area contributed by atoms with Crippen LogP contribution in [0.5, 0.6) is 0 Å². The second kappa shape index (κ2) is 5.41. The van der Waals surface area contributed by atoms with Crippen molar-refractivity contribution >= 4 is 0 Å². The molecule has 2 fully saturated rings. The highest BCUT2D eigenvalue weighted by Crippen LogP contribution is 2.21. The molecule has 4 heteroatoms. The quantitative estimate of drug-likeness (QED) is 0.879. The minimum atomic E-state index is 0.722. The predicted molar refractivity (Wildman–Crippen MR) is 72.4 cm³/mol. The zero-order valence-corrected chi connectivity index (χ0v) is 11.3. The average Bonchev–Trinajstić information content (AvgIpc) is 2.90. The molecule has 2 unspecified atom stereocenters. The van der Waals surface area contributed by atoms with E-state index in [9.17, 15) is 0 Å². The van der Waals surface area contributed by atoms with Gasteiger partial charge in [0.05, 0.1) is 5.69 Å². The zero-order chi connectivity index (χ0) is 12.4. The Hall–Kier alpha value is -0.870. The molecule has 1 aromatic rings.